The first-order chi connectivity index (χ1) is 15.4. The molecule has 32 heavy (non-hydrogen) atoms. The van der Waals surface area contributed by atoms with Gasteiger partial charge in [-0.2, -0.15) is 0 Å². The van der Waals surface area contributed by atoms with Crippen molar-refractivity contribution in [3.63, 3.8) is 0 Å². The van der Waals surface area contributed by atoms with Gasteiger partial charge in [-0.15, -0.1) is 0 Å². The molecule has 0 radical (unpaired) electrons. The molecule has 0 saturated carbocycles. The first kappa shape index (κ1) is 23.6. The Morgan fingerprint density at radius 1 is 1.06 bits per heavy atom. The molecular weight excluding hydrogens is 404 g/mol. The molecule has 1 aliphatic rings. The number of hydrogen-bond donors (Lipinski definition) is 1. The molecule has 6 nitrogen and oxygen atoms in total. The van der Waals surface area contributed by atoms with E-state index in [9.17, 15) is 9.59 Å². The van der Waals surface area contributed by atoms with Crippen LogP contribution in [0.4, 0.5) is 5.69 Å². The second-order valence-corrected chi connectivity index (χ2v) is 8.66. The third-order valence-electron chi connectivity index (χ3n) is 5.82. The van der Waals surface area contributed by atoms with Crippen molar-refractivity contribution in [2.75, 3.05) is 38.3 Å². The van der Waals surface area contributed by atoms with Crippen LogP contribution in [-0.4, -0.2) is 45.2 Å². The molecule has 172 valence electrons. The van der Waals surface area contributed by atoms with Gasteiger partial charge in [-0.05, 0) is 67.5 Å². The summed E-state index contributed by atoms with van der Waals surface area (Å²) in [5.41, 5.74) is 3.18. The van der Waals surface area contributed by atoms with E-state index in [1.807, 2.05) is 30.3 Å². The number of carbonyl (C=O) groups excluding carboxylic acids is 2. The van der Waals surface area contributed by atoms with Crippen molar-refractivity contribution in [2.45, 2.75) is 33.6 Å². The zero-order valence-electron chi connectivity index (χ0n) is 19.5. The second kappa shape index (κ2) is 11.0. The zero-order chi connectivity index (χ0) is 23.1. The number of piperidine rings is 1. The Labute approximate surface area is 190 Å². The van der Waals surface area contributed by atoms with Crippen LogP contribution in [0.1, 0.15) is 53.5 Å². The molecule has 1 fully saturated rings. The molecule has 1 N–H and O–H groups in total. The Kier molecular flexibility index (Phi) is 8.14. The summed E-state index contributed by atoms with van der Waals surface area (Å²) in [6.45, 7) is 9.07. The van der Waals surface area contributed by atoms with E-state index in [0.29, 0.717) is 48.3 Å². The Morgan fingerprint density at radius 2 is 1.75 bits per heavy atom. The molecular formula is C26H34N2O4. The van der Waals surface area contributed by atoms with Crippen molar-refractivity contribution in [1.29, 1.82) is 0 Å². The van der Waals surface area contributed by atoms with Gasteiger partial charge in [-0.25, -0.2) is 4.79 Å². The number of rotatable bonds is 8. The molecule has 6 heteroatoms. The summed E-state index contributed by atoms with van der Waals surface area (Å²) >= 11 is 0. The lowest BCUT2D eigenvalue weighted by molar-refractivity contribution is 0.0526. The molecule has 1 aliphatic heterocycles. The van der Waals surface area contributed by atoms with E-state index in [-0.39, 0.29) is 11.9 Å². The van der Waals surface area contributed by atoms with Crippen LogP contribution in [0.5, 0.6) is 5.75 Å². The molecule has 2 aromatic rings. The lowest BCUT2D eigenvalue weighted by Crippen LogP contribution is -2.40. The highest BCUT2D eigenvalue weighted by Crippen LogP contribution is 2.31. The lowest BCUT2D eigenvalue weighted by Gasteiger charge is -2.37. The molecule has 2 aromatic carbocycles. The van der Waals surface area contributed by atoms with Gasteiger partial charge in [-0.3, -0.25) is 4.79 Å². The highest BCUT2D eigenvalue weighted by molar-refractivity contribution is 6.00. The molecule has 0 bridgehead atoms. The second-order valence-electron chi connectivity index (χ2n) is 8.66. The summed E-state index contributed by atoms with van der Waals surface area (Å²) in [4.78, 5) is 27.2. The van der Waals surface area contributed by atoms with Crippen LogP contribution in [0.15, 0.2) is 42.5 Å². The lowest BCUT2D eigenvalue weighted by atomic mass is 9.91. The van der Waals surface area contributed by atoms with Crippen LogP contribution in [0, 0.1) is 11.8 Å². The molecule has 0 unspecified atom stereocenters. The zero-order valence-corrected chi connectivity index (χ0v) is 19.5. The largest absolute Gasteiger partial charge is 0.497 e. The number of nitrogens with zero attached hydrogens (tertiary/aromatic N) is 1. The number of anilines is 1. The van der Waals surface area contributed by atoms with E-state index in [0.717, 1.165) is 24.3 Å². The summed E-state index contributed by atoms with van der Waals surface area (Å²) in [6, 6.07) is 13.0. The van der Waals surface area contributed by atoms with Crippen LogP contribution >= 0.6 is 0 Å². The number of nitrogens with one attached hydrogen (secondary N) is 1. The van der Waals surface area contributed by atoms with Gasteiger partial charge in [0.25, 0.3) is 5.91 Å². The third kappa shape index (κ3) is 6.02. The van der Waals surface area contributed by atoms with Crippen molar-refractivity contribution in [1.82, 2.24) is 5.32 Å². The minimum absolute atomic E-state index is 0.104. The molecule has 1 amide bonds. The van der Waals surface area contributed by atoms with E-state index in [4.69, 9.17) is 9.47 Å². The van der Waals surface area contributed by atoms with Gasteiger partial charge < -0.3 is 19.7 Å². The average molecular weight is 439 g/mol. The van der Waals surface area contributed by atoms with Crippen molar-refractivity contribution in [2.24, 2.45) is 11.8 Å². The molecule has 0 spiro atoms. The highest BCUT2D eigenvalue weighted by atomic mass is 16.5. The van der Waals surface area contributed by atoms with Gasteiger partial charge in [0.15, 0.2) is 0 Å². The average Bonchev–Trinajstić information content (AvgIpc) is 2.78. The van der Waals surface area contributed by atoms with E-state index in [2.05, 4.69) is 24.1 Å². The predicted molar refractivity (Wildman–Crippen MR) is 127 cm³/mol. The fourth-order valence-electron chi connectivity index (χ4n) is 4.40. The van der Waals surface area contributed by atoms with E-state index in [1.165, 1.54) is 6.42 Å². The Balaban J connectivity index is 1.66. The van der Waals surface area contributed by atoms with Crippen molar-refractivity contribution >= 4 is 17.6 Å². The molecule has 1 heterocycles. The first-order valence-corrected chi connectivity index (χ1v) is 11.4. The fourth-order valence-corrected chi connectivity index (χ4v) is 4.40. The Hall–Kier alpha value is -3.02. The van der Waals surface area contributed by atoms with Gasteiger partial charge >= 0.3 is 5.97 Å². The summed E-state index contributed by atoms with van der Waals surface area (Å²) in [7, 11) is 1.61. The van der Waals surface area contributed by atoms with Crippen LogP contribution in [0.3, 0.4) is 0 Å². The summed E-state index contributed by atoms with van der Waals surface area (Å²) in [5, 5.41) is 3.05. The summed E-state index contributed by atoms with van der Waals surface area (Å²) < 4.78 is 10.4. The van der Waals surface area contributed by atoms with Crippen molar-refractivity contribution in [3.8, 4) is 5.75 Å². The maximum absolute atomic E-state index is 13.1. The predicted octanol–water partition coefficient (Wildman–Crippen LogP) is 4.33. The maximum atomic E-state index is 13.1. The minimum Gasteiger partial charge on any atom is -0.497 e. The number of esters is 1. The van der Waals surface area contributed by atoms with Crippen LogP contribution < -0.4 is 15.0 Å². The summed E-state index contributed by atoms with van der Waals surface area (Å²) in [6.07, 6.45) is 1.88. The Morgan fingerprint density at radius 3 is 2.38 bits per heavy atom. The number of ether oxygens (including phenoxy) is 2. The van der Waals surface area contributed by atoms with Crippen molar-refractivity contribution < 1.29 is 19.1 Å². The SMILES string of the molecule is CCOC(=O)c1ccc(CCNC(=O)c2cc(OC)ccc2N2C[C@H](C)C[C@H](C)C2)cc1. The smallest absolute Gasteiger partial charge is 0.338 e. The van der Waals surface area contributed by atoms with Crippen LogP contribution in [0.25, 0.3) is 0 Å². The maximum Gasteiger partial charge on any atom is 0.338 e. The molecule has 2 atom stereocenters. The first-order valence-electron chi connectivity index (χ1n) is 11.4. The highest BCUT2D eigenvalue weighted by Gasteiger charge is 2.25. The Bertz CT molecular complexity index is 916. The number of methoxy groups -OCH3 is 1. The topological polar surface area (TPSA) is 67.9 Å². The number of amides is 1. The van der Waals surface area contributed by atoms with Gasteiger partial charge in [0.05, 0.1) is 24.8 Å². The third-order valence-corrected chi connectivity index (χ3v) is 5.82. The van der Waals surface area contributed by atoms with E-state index >= 15 is 0 Å². The quantitative estimate of drug-likeness (QED) is 0.622. The number of hydrogen-bond acceptors (Lipinski definition) is 5. The normalized spacial score (nSPS) is 18.2. The molecule has 1 saturated heterocycles. The van der Waals surface area contributed by atoms with Gasteiger partial charge in [-0.1, -0.05) is 26.0 Å². The molecule has 3 rings (SSSR count). The van der Waals surface area contributed by atoms with E-state index < -0.39 is 0 Å². The standard InChI is InChI=1S/C26H34N2O4/c1-5-32-26(30)21-8-6-20(7-9-21)12-13-27-25(29)23-15-22(31-4)10-11-24(23)28-16-18(2)14-19(3)17-28/h6-11,15,18-19H,5,12-14,16-17H2,1-4H3,(H,27,29)/t18-,19+. The van der Waals surface area contributed by atoms with Gasteiger partial charge in [0.2, 0.25) is 0 Å². The number of benzene rings is 2. The van der Waals surface area contributed by atoms with Crippen LogP contribution in [0.2, 0.25) is 0 Å². The van der Waals surface area contributed by atoms with Crippen LogP contribution in [-0.2, 0) is 11.2 Å². The van der Waals surface area contributed by atoms with Gasteiger partial charge in [0, 0.05) is 25.3 Å². The van der Waals surface area contributed by atoms with Crippen molar-refractivity contribution in [3.05, 3.63) is 59.2 Å². The summed E-state index contributed by atoms with van der Waals surface area (Å²) in [5.74, 6) is 1.43. The van der Waals surface area contributed by atoms with E-state index in [1.54, 1.807) is 26.2 Å². The fraction of sp³-hybridized carbons (Fsp3) is 0.462. The molecule has 0 aliphatic carbocycles. The minimum atomic E-state index is -0.320. The molecule has 0 aromatic heterocycles. The monoisotopic (exact) mass is 438 g/mol. The van der Waals surface area contributed by atoms with Gasteiger partial charge in [0.1, 0.15) is 5.75 Å². The number of carbonyl (C=O) groups is 2.